The Morgan fingerprint density at radius 2 is 1.54 bits per heavy atom. The molecule has 0 amide bonds. The Labute approximate surface area is 176 Å². The largest absolute Gasteiger partial charge is 0.300 e. The monoisotopic (exact) mass is 394 g/mol. The average molecular weight is 395 g/mol. The van der Waals surface area contributed by atoms with E-state index in [-0.39, 0.29) is 5.92 Å². The quantitative estimate of drug-likeness (QED) is 0.355. The van der Waals surface area contributed by atoms with E-state index in [0.29, 0.717) is 34.7 Å². The van der Waals surface area contributed by atoms with Gasteiger partial charge in [0.25, 0.3) is 0 Å². The zero-order valence-electron chi connectivity index (χ0n) is 20.4. The first kappa shape index (κ1) is 27.3. The summed E-state index contributed by atoms with van der Waals surface area (Å²) in [7, 11) is 0. The van der Waals surface area contributed by atoms with Gasteiger partial charge in [-0.05, 0) is 56.8 Å². The topological polar surface area (TPSA) is 34.1 Å². The van der Waals surface area contributed by atoms with Gasteiger partial charge in [0.15, 0.2) is 0 Å². The Bertz CT molecular complexity index is 432. The standard InChI is InChI=1S/C13H24O.C13H26O/c1-3-4-10-13(11(2)14)12-8-6-5-7-9-12;1-7-10(3)12(11(4)14)9-13(5,6)8-2/h12-13H,3-10H2,1-2H3;10,12H,7-9H2,1-6H3/t;10?,12-/m.1/s1. The van der Waals surface area contributed by atoms with E-state index < -0.39 is 0 Å². The molecule has 0 saturated heterocycles. The molecular weight excluding hydrogens is 344 g/mol. The molecule has 1 rings (SSSR count). The van der Waals surface area contributed by atoms with Crippen molar-refractivity contribution in [2.24, 2.45) is 29.1 Å². The van der Waals surface area contributed by atoms with Gasteiger partial charge in [-0.25, -0.2) is 0 Å². The zero-order chi connectivity index (χ0) is 21.7. The van der Waals surface area contributed by atoms with Crippen molar-refractivity contribution in [3.63, 3.8) is 0 Å². The van der Waals surface area contributed by atoms with Crippen molar-refractivity contribution in [1.29, 1.82) is 0 Å². The van der Waals surface area contributed by atoms with Crippen molar-refractivity contribution in [3.05, 3.63) is 0 Å². The third-order valence-electron chi connectivity index (χ3n) is 7.19. The highest BCUT2D eigenvalue weighted by atomic mass is 16.1. The van der Waals surface area contributed by atoms with Crippen LogP contribution in [-0.4, -0.2) is 11.6 Å². The summed E-state index contributed by atoms with van der Waals surface area (Å²) in [6.07, 6.45) is 13.5. The molecule has 3 atom stereocenters. The summed E-state index contributed by atoms with van der Waals surface area (Å²) < 4.78 is 0. The number of hydrogen-bond donors (Lipinski definition) is 0. The number of ketones is 2. The molecule has 0 aromatic carbocycles. The van der Waals surface area contributed by atoms with Crippen LogP contribution in [0.25, 0.3) is 0 Å². The predicted octanol–water partition coefficient (Wildman–Crippen LogP) is 8.03. The molecule has 0 aliphatic heterocycles. The fraction of sp³-hybridized carbons (Fsp3) is 0.923. The van der Waals surface area contributed by atoms with E-state index in [9.17, 15) is 9.59 Å². The lowest BCUT2D eigenvalue weighted by Crippen LogP contribution is -2.26. The summed E-state index contributed by atoms with van der Waals surface area (Å²) in [6.45, 7) is 16.8. The molecule has 28 heavy (non-hydrogen) atoms. The lowest BCUT2D eigenvalue weighted by molar-refractivity contribution is -0.124. The van der Waals surface area contributed by atoms with Crippen LogP contribution < -0.4 is 0 Å². The summed E-state index contributed by atoms with van der Waals surface area (Å²) in [5, 5.41) is 0. The lowest BCUT2D eigenvalue weighted by atomic mass is 9.74. The van der Waals surface area contributed by atoms with Crippen LogP contribution >= 0.6 is 0 Å². The van der Waals surface area contributed by atoms with E-state index >= 15 is 0 Å². The molecule has 1 fully saturated rings. The van der Waals surface area contributed by atoms with Gasteiger partial charge in [0.05, 0.1) is 0 Å². The maximum Gasteiger partial charge on any atom is 0.133 e. The molecule has 2 unspecified atom stereocenters. The smallest absolute Gasteiger partial charge is 0.133 e. The maximum absolute atomic E-state index is 11.5. The maximum atomic E-state index is 11.5. The van der Waals surface area contributed by atoms with Gasteiger partial charge >= 0.3 is 0 Å². The van der Waals surface area contributed by atoms with Gasteiger partial charge in [-0.1, -0.05) is 86.5 Å². The Morgan fingerprint density at radius 3 is 1.93 bits per heavy atom. The molecule has 1 saturated carbocycles. The number of unbranched alkanes of at least 4 members (excludes halogenated alkanes) is 1. The van der Waals surface area contributed by atoms with Crippen molar-refractivity contribution in [3.8, 4) is 0 Å². The van der Waals surface area contributed by atoms with E-state index in [0.717, 1.165) is 25.7 Å². The van der Waals surface area contributed by atoms with Crippen molar-refractivity contribution < 1.29 is 9.59 Å². The highest BCUT2D eigenvalue weighted by Crippen LogP contribution is 2.34. The molecular formula is C26H50O2. The molecule has 0 radical (unpaired) electrons. The van der Waals surface area contributed by atoms with E-state index in [2.05, 4.69) is 41.5 Å². The van der Waals surface area contributed by atoms with E-state index in [1.54, 1.807) is 13.8 Å². The predicted molar refractivity (Wildman–Crippen MR) is 123 cm³/mol. The molecule has 0 heterocycles. The van der Waals surface area contributed by atoms with Crippen LogP contribution in [0.5, 0.6) is 0 Å². The molecule has 1 aliphatic carbocycles. The van der Waals surface area contributed by atoms with Gasteiger partial charge in [-0.3, -0.25) is 9.59 Å². The number of rotatable bonds is 11. The third-order valence-corrected chi connectivity index (χ3v) is 7.19. The fourth-order valence-corrected chi connectivity index (χ4v) is 4.50. The molecule has 1 aliphatic rings. The van der Waals surface area contributed by atoms with Crippen LogP contribution in [0.4, 0.5) is 0 Å². The second-order valence-corrected chi connectivity index (χ2v) is 10.1. The molecule has 2 nitrogen and oxygen atoms in total. The SMILES string of the molecule is CCC(C)[C@@H](CC(C)(C)CC)C(C)=O.CCCCC(C(C)=O)C1CCCCC1. The molecule has 2 heteroatoms. The molecule has 166 valence electrons. The molecule has 0 bridgehead atoms. The second kappa shape index (κ2) is 14.3. The number of carbonyl (C=O) groups excluding carboxylic acids is 2. The van der Waals surface area contributed by atoms with Gasteiger partial charge in [0, 0.05) is 11.8 Å². The first-order valence-corrected chi connectivity index (χ1v) is 12.1. The molecule has 0 spiro atoms. The first-order valence-electron chi connectivity index (χ1n) is 12.1. The van der Waals surface area contributed by atoms with Crippen LogP contribution in [-0.2, 0) is 9.59 Å². The Hall–Kier alpha value is -0.660. The highest BCUT2D eigenvalue weighted by molar-refractivity contribution is 5.79. The van der Waals surface area contributed by atoms with Gasteiger partial charge in [-0.2, -0.15) is 0 Å². The summed E-state index contributed by atoms with van der Waals surface area (Å²) in [5.74, 6) is 2.68. The first-order chi connectivity index (χ1) is 13.1. The summed E-state index contributed by atoms with van der Waals surface area (Å²) in [6, 6.07) is 0. The van der Waals surface area contributed by atoms with Gasteiger partial charge in [0.1, 0.15) is 11.6 Å². The van der Waals surface area contributed by atoms with Crippen molar-refractivity contribution >= 4 is 11.6 Å². The Morgan fingerprint density at radius 1 is 0.964 bits per heavy atom. The minimum Gasteiger partial charge on any atom is -0.300 e. The van der Waals surface area contributed by atoms with Gasteiger partial charge in [0.2, 0.25) is 0 Å². The van der Waals surface area contributed by atoms with Crippen LogP contribution in [0.2, 0.25) is 0 Å². The lowest BCUT2D eigenvalue weighted by Gasteiger charge is -2.30. The average Bonchev–Trinajstić information content (AvgIpc) is 2.67. The summed E-state index contributed by atoms with van der Waals surface area (Å²) in [5.41, 5.74) is 0.305. The number of hydrogen-bond acceptors (Lipinski definition) is 2. The zero-order valence-corrected chi connectivity index (χ0v) is 20.4. The van der Waals surface area contributed by atoms with Crippen LogP contribution in [0, 0.1) is 29.1 Å². The van der Waals surface area contributed by atoms with Crippen LogP contribution in [0.1, 0.15) is 126 Å². The third kappa shape index (κ3) is 10.8. The van der Waals surface area contributed by atoms with Gasteiger partial charge < -0.3 is 0 Å². The minimum atomic E-state index is 0.259. The Kier molecular flexibility index (Phi) is 14.0. The summed E-state index contributed by atoms with van der Waals surface area (Å²) in [4.78, 5) is 23.1. The second-order valence-electron chi connectivity index (χ2n) is 10.1. The van der Waals surface area contributed by atoms with E-state index in [1.807, 2.05) is 0 Å². The van der Waals surface area contributed by atoms with E-state index in [1.165, 1.54) is 44.9 Å². The fourth-order valence-electron chi connectivity index (χ4n) is 4.50. The molecule has 0 aromatic heterocycles. The van der Waals surface area contributed by atoms with Crippen molar-refractivity contribution in [2.45, 2.75) is 126 Å². The highest BCUT2D eigenvalue weighted by Gasteiger charge is 2.28. The Balaban J connectivity index is 0.000000521. The minimum absolute atomic E-state index is 0.259. The summed E-state index contributed by atoms with van der Waals surface area (Å²) >= 11 is 0. The number of carbonyl (C=O) groups is 2. The van der Waals surface area contributed by atoms with Crippen molar-refractivity contribution in [1.82, 2.24) is 0 Å². The van der Waals surface area contributed by atoms with Crippen LogP contribution in [0.3, 0.4) is 0 Å². The van der Waals surface area contributed by atoms with Crippen LogP contribution in [0.15, 0.2) is 0 Å². The number of Topliss-reactive ketones (excluding diaryl/α,β-unsaturated/α-hetero) is 2. The van der Waals surface area contributed by atoms with Gasteiger partial charge in [-0.15, -0.1) is 0 Å². The molecule has 0 N–H and O–H groups in total. The normalized spacial score (nSPS) is 18.6. The van der Waals surface area contributed by atoms with Crippen molar-refractivity contribution in [2.75, 3.05) is 0 Å². The molecule has 0 aromatic rings. The van der Waals surface area contributed by atoms with E-state index in [4.69, 9.17) is 0 Å².